The zero-order valence-electron chi connectivity index (χ0n) is 20.8. The standard InChI is InChI=1S/C20H23N3O15S/c1-9(24)34-8-15-17(35-10(2)25)18(36-11(3)26)19(37-12(4)27)20(38-15)21-39(32,33)16-6-5-13(22(28)29)7-14(16)23(30)31/h5-7,15,17-21H,8H2,1-4H3/t15-,17+,18+,19-,20-/m1/s1. The third-order valence-electron chi connectivity index (χ3n) is 4.90. The lowest BCUT2D eigenvalue weighted by Crippen LogP contribution is -2.66. The lowest BCUT2D eigenvalue weighted by atomic mass is 9.97. The van der Waals surface area contributed by atoms with E-state index in [1.54, 1.807) is 0 Å². The monoisotopic (exact) mass is 577 g/mol. The molecular weight excluding hydrogens is 554 g/mol. The summed E-state index contributed by atoms with van der Waals surface area (Å²) in [5.41, 5.74) is -1.93. The molecule has 0 spiro atoms. The van der Waals surface area contributed by atoms with Crippen molar-refractivity contribution in [2.45, 2.75) is 63.2 Å². The number of ether oxygens (including phenoxy) is 5. The first-order chi connectivity index (χ1) is 18.0. The maximum absolute atomic E-state index is 13.2. The first kappa shape index (κ1) is 31.0. The summed E-state index contributed by atoms with van der Waals surface area (Å²) in [6.07, 6.45) is -8.61. The molecule has 0 unspecified atom stereocenters. The number of hydrogen-bond acceptors (Lipinski definition) is 15. The molecule has 0 saturated carbocycles. The normalized spacial score (nSPS) is 22.7. The van der Waals surface area contributed by atoms with E-state index >= 15 is 0 Å². The Balaban J connectivity index is 2.62. The van der Waals surface area contributed by atoms with Crippen molar-refractivity contribution in [1.29, 1.82) is 0 Å². The van der Waals surface area contributed by atoms with Crippen LogP contribution in [-0.4, -0.2) is 79.4 Å². The molecule has 19 heteroatoms. The fraction of sp³-hybridized carbons (Fsp3) is 0.500. The van der Waals surface area contributed by atoms with Crippen molar-refractivity contribution in [2.24, 2.45) is 0 Å². The second-order valence-corrected chi connectivity index (χ2v) is 9.59. The molecule has 1 fully saturated rings. The minimum Gasteiger partial charge on any atom is -0.463 e. The van der Waals surface area contributed by atoms with Gasteiger partial charge in [0.1, 0.15) is 12.7 Å². The molecule has 0 aromatic heterocycles. The fourth-order valence-electron chi connectivity index (χ4n) is 3.53. The van der Waals surface area contributed by atoms with E-state index in [1.807, 2.05) is 4.72 Å². The molecule has 18 nitrogen and oxygen atoms in total. The Morgan fingerprint density at radius 3 is 1.90 bits per heavy atom. The number of esters is 4. The van der Waals surface area contributed by atoms with Gasteiger partial charge in [-0.2, -0.15) is 4.72 Å². The maximum Gasteiger partial charge on any atom is 0.303 e. The fourth-order valence-corrected chi connectivity index (χ4v) is 4.81. The van der Waals surface area contributed by atoms with Gasteiger partial charge in [-0.1, -0.05) is 0 Å². The SMILES string of the molecule is CC(=O)OC[C@H]1O[C@@H](NS(=O)(=O)c2ccc([N+](=O)[O-])cc2[N+](=O)[O-])[C@H](OC(C)=O)[C@@H](OC(C)=O)[C@H]1OC(C)=O. The molecule has 1 saturated heterocycles. The molecule has 0 bridgehead atoms. The second kappa shape index (κ2) is 12.5. The number of nitro groups is 2. The van der Waals surface area contributed by atoms with E-state index in [2.05, 4.69) is 0 Å². The molecule has 1 aromatic rings. The molecule has 1 aromatic carbocycles. The van der Waals surface area contributed by atoms with Crippen LogP contribution in [0.25, 0.3) is 0 Å². The number of hydrogen-bond donors (Lipinski definition) is 1. The van der Waals surface area contributed by atoms with Gasteiger partial charge in [-0.05, 0) is 6.07 Å². The molecule has 39 heavy (non-hydrogen) atoms. The summed E-state index contributed by atoms with van der Waals surface area (Å²) in [5, 5.41) is 22.5. The number of rotatable bonds is 10. The number of non-ortho nitro benzene ring substituents is 1. The summed E-state index contributed by atoms with van der Waals surface area (Å²) >= 11 is 0. The number of nitrogens with one attached hydrogen (secondary N) is 1. The Bertz CT molecular complexity index is 1280. The predicted octanol–water partition coefficient (Wildman–Crippen LogP) is -0.136. The van der Waals surface area contributed by atoms with Crippen LogP contribution < -0.4 is 4.72 Å². The van der Waals surface area contributed by atoms with Crippen LogP contribution in [0.3, 0.4) is 0 Å². The van der Waals surface area contributed by atoms with Crippen LogP contribution in [0.4, 0.5) is 11.4 Å². The van der Waals surface area contributed by atoms with E-state index in [0.717, 1.165) is 27.7 Å². The summed E-state index contributed by atoms with van der Waals surface area (Å²) in [4.78, 5) is 66.2. The van der Waals surface area contributed by atoms with Crippen LogP contribution in [0.1, 0.15) is 27.7 Å². The Kier molecular flexibility index (Phi) is 9.97. The molecule has 1 aliphatic heterocycles. The average molecular weight is 577 g/mol. The Morgan fingerprint density at radius 2 is 1.41 bits per heavy atom. The van der Waals surface area contributed by atoms with Crippen LogP contribution in [0.15, 0.2) is 23.1 Å². The van der Waals surface area contributed by atoms with Crippen LogP contribution in [0.2, 0.25) is 0 Å². The second-order valence-electron chi connectivity index (χ2n) is 7.91. The van der Waals surface area contributed by atoms with Crippen molar-refractivity contribution in [3.8, 4) is 0 Å². The lowest BCUT2D eigenvalue weighted by molar-refractivity contribution is -0.396. The number of carbonyl (C=O) groups is 4. The van der Waals surface area contributed by atoms with Gasteiger partial charge in [0, 0.05) is 33.8 Å². The van der Waals surface area contributed by atoms with Gasteiger partial charge < -0.3 is 23.7 Å². The summed E-state index contributed by atoms with van der Waals surface area (Å²) in [6, 6.07) is 1.72. The van der Waals surface area contributed by atoms with Gasteiger partial charge in [-0.3, -0.25) is 39.4 Å². The number of sulfonamides is 1. The molecule has 0 aliphatic carbocycles. The zero-order valence-corrected chi connectivity index (χ0v) is 21.6. The summed E-state index contributed by atoms with van der Waals surface area (Å²) in [7, 11) is -4.98. The molecule has 0 amide bonds. The lowest BCUT2D eigenvalue weighted by Gasteiger charge is -2.44. The number of nitro benzene ring substituents is 2. The predicted molar refractivity (Wildman–Crippen MR) is 122 cm³/mol. The van der Waals surface area contributed by atoms with E-state index in [9.17, 15) is 47.8 Å². The van der Waals surface area contributed by atoms with Crippen molar-refractivity contribution in [3.63, 3.8) is 0 Å². The molecule has 1 heterocycles. The average Bonchev–Trinajstić information content (AvgIpc) is 2.80. The van der Waals surface area contributed by atoms with Crippen LogP contribution in [-0.2, 0) is 52.9 Å². The number of carbonyl (C=O) groups excluding carboxylic acids is 4. The van der Waals surface area contributed by atoms with Crippen molar-refractivity contribution >= 4 is 45.3 Å². The van der Waals surface area contributed by atoms with E-state index in [-0.39, 0.29) is 0 Å². The summed E-state index contributed by atoms with van der Waals surface area (Å²) in [5.74, 6) is -3.73. The smallest absolute Gasteiger partial charge is 0.303 e. The van der Waals surface area contributed by atoms with Gasteiger partial charge in [-0.15, -0.1) is 0 Å². The minimum absolute atomic E-state index is 0.418. The molecule has 5 atom stereocenters. The summed E-state index contributed by atoms with van der Waals surface area (Å²) < 4.78 is 54.3. The molecule has 2 rings (SSSR count). The van der Waals surface area contributed by atoms with Gasteiger partial charge in [0.05, 0.1) is 15.9 Å². The van der Waals surface area contributed by atoms with Crippen molar-refractivity contribution in [2.75, 3.05) is 6.61 Å². The maximum atomic E-state index is 13.2. The van der Waals surface area contributed by atoms with Crippen molar-refractivity contribution in [1.82, 2.24) is 4.72 Å². The van der Waals surface area contributed by atoms with Gasteiger partial charge >= 0.3 is 23.9 Å². The van der Waals surface area contributed by atoms with Gasteiger partial charge in [0.15, 0.2) is 29.4 Å². The van der Waals surface area contributed by atoms with Crippen molar-refractivity contribution < 1.29 is 61.1 Å². The first-order valence-corrected chi connectivity index (χ1v) is 12.3. The Hall–Kier alpha value is -4.23. The van der Waals surface area contributed by atoms with Crippen LogP contribution in [0.5, 0.6) is 0 Å². The largest absolute Gasteiger partial charge is 0.463 e. The Morgan fingerprint density at radius 1 is 0.872 bits per heavy atom. The van der Waals surface area contributed by atoms with E-state index in [0.29, 0.717) is 18.2 Å². The van der Waals surface area contributed by atoms with Gasteiger partial charge in [0.2, 0.25) is 10.0 Å². The number of nitrogens with zero attached hydrogens (tertiary/aromatic N) is 2. The third-order valence-corrected chi connectivity index (χ3v) is 6.37. The van der Waals surface area contributed by atoms with E-state index < -0.39 is 97.3 Å². The molecule has 1 aliphatic rings. The molecule has 1 N–H and O–H groups in total. The van der Waals surface area contributed by atoms with Crippen LogP contribution >= 0.6 is 0 Å². The quantitative estimate of drug-likeness (QED) is 0.164. The number of benzene rings is 1. The zero-order chi connectivity index (χ0) is 29.7. The topological polar surface area (TPSA) is 247 Å². The van der Waals surface area contributed by atoms with Crippen LogP contribution in [0, 0.1) is 20.2 Å². The highest BCUT2D eigenvalue weighted by Gasteiger charge is 2.53. The van der Waals surface area contributed by atoms with E-state index in [4.69, 9.17) is 23.7 Å². The Labute approximate surface area is 219 Å². The molecular formula is C20H23N3O15S. The van der Waals surface area contributed by atoms with Gasteiger partial charge in [0.25, 0.3) is 11.4 Å². The highest BCUT2D eigenvalue weighted by atomic mass is 32.2. The first-order valence-electron chi connectivity index (χ1n) is 10.8. The highest BCUT2D eigenvalue weighted by molar-refractivity contribution is 7.89. The minimum atomic E-state index is -4.98. The summed E-state index contributed by atoms with van der Waals surface area (Å²) in [6.45, 7) is 3.22. The molecule has 214 valence electrons. The van der Waals surface area contributed by atoms with Crippen molar-refractivity contribution in [3.05, 3.63) is 38.4 Å². The molecule has 0 radical (unpaired) electrons. The van der Waals surface area contributed by atoms with E-state index in [1.165, 1.54) is 0 Å². The third kappa shape index (κ3) is 8.12. The van der Waals surface area contributed by atoms with Gasteiger partial charge in [-0.25, -0.2) is 8.42 Å². The highest BCUT2D eigenvalue weighted by Crippen LogP contribution is 2.32.